The predicted octanol–water partition coefficient (Wildman–Crippen LogP) is 2.43. The first-order valence-corrected chi connectivity index (χ1v) is 4.76. The van der Waals surface area contributed by atoms with Crippen LogP contribution < -0.4 is 10.5 Å². The van der Waals surface area contributed by atoms with Gasteiger partial charge in [-0.3, -0.25) is 0 Å². The third-order valence-electron chi connectivity index (χ3n) is 2.04. The molecular formula is C10H13F3N2O. The van der Waals surface area contributed by atoms with Crippen molar-refractivity contribution in [3.05, 3.63) is 23.9 Å². The molecule has 16 heavy (non-hydrogen) atoms. The molecule has 0 saturated heterocycles. The molecule has 0 saturated carbocycles. The minimum Gasteiger partial charge on any atom is -0.465 e. The van der Waals surface area contributed by atoms with Gasteiger partial charge in [0.25, 0.3) is 0 Å². The zero-order chi connectivity index (χ0) is 12.3. The monoisotopic (exact) mass is 234 g/mol. The van der Waals surface area contributed by atoms with E-state index in [4.69, 9.17) is 10.5 Å². The highest BCUT2D eigenvalue weighted by atomic mass is 19.4. The second kappa shape index (κ2) is 4.69. The standard InChI is InChI=1S/C10H13F3N2O/c1-6(14)8-4-3-5-15-9(8)16-7(2)10(11,12)13/h3-7H,14H2,1-2H3/t6-,7?/m1/s1. The number of hydrogen-bond acceptors (Lipinski definition) is 3. The van der Waals surface area contributed by atoms with Crippen molar-refractivity contribution in [3.63, 3.8) is 0 Å². The smallest absolute Gasteiger partial charge is 0.425 e. The van der Waals surface area contributed by atoms with E-state index < -0.39 is 18.3 Å². The van der Waals surface area contributed by atoms with E-state index in [2.05, 4.69) is 4.98 Å². The van der Waals surface area contributed by atoms with Crippen LogP contribution in [-0.4, -0.2) is 17.3 Å². The highest BCUT2D eigenvalue weighted by Gasteiger charge is 2.38. The van der Waals surface area contributed by atoms with Crippen LogP contribution in [0.15, 0.2) is 18.3 Å². The quantitative estimate of drug-likeness (QED) is 0.873. The fraction of sp³-hybridized carbons (Fsp3) is 0.500. The minimum absolute atomic E-state index is 0.0673. The highest BCUT2D eigenvalue weighted by molar-refractivity contribution is 5.28. The van der Waals surface area contributed by atoms with E-state index in [1.165, 1.54) is 6.20 Å². The van der Waals surface area contributed by atoms with Crippen LogP contribution in [0.4, 0.5) is 13.2 Å². The van der Waals surface area contributed by atoms with Crippen LogP contribution in [0.2, 0.25) is 0 Å². The molecule has 0 bridgehead atoms. The van der Waals surface area contributed by atoms with Crippen molar-refractivity contribution in [2.24, 2.45) is 5.73 Å². The summed E-state index contributed by atoms with van der Waals surface area (Å²) < 4.78 is 41.6. The van der Waals surface area contributed by atoms with Gasteiger partial charge in [0.15, 0.2) is 6.10 Å². The summed E-state index contributed by atoms with van der Waals surface area (Å²) in [6.45, 7) is 2.59. The molecule has 0 aliphatic heterocycles. The molecule has 0 aliphatic rings. The van der Waals surface area contributed by atoms with Crippen molar-refractivity contribution < 1.29 is 17.9 Å². The van der Waals surface area contributed by atoms with Gasteiger partial charge in [-0.25, -0.2) is 4.98 Å². The van der Waals surface area contributed by atoms with Crippen molar-refractivity contribution in [1.82, 2.24) is 4.98 Å². The maximum absolute atomic E-state index is 12.3. The molecule has 1 aromatic rings. The molecule has 3 nitrogen and oxygen atoms in total. The summed E-state index contributed by atoms with van der Waals surface area (Å²) in [5.41, 5.74) is 6.06. The normalized spacial score (nSPS) is 15.6. The van der Waals surface area contributed by atoms with Crippen LogP contribution in [0, 0.1) is 0 Å². The van der Waals surface area contributed by atoms with Crippen LogP contribution >= 0.6 is 0 Å². The molecule has 0 spiro atoms. The molecule has 1 aromatic heterocycles. The first kappa shape index (κ1) is 12.8. The van der Waals surface area contributed by atoms with E-state index in [0.29, 0.717) is 5.56 Å². The van der Waals surface area contributed by atoms with Gasteiger partial charge in [-0.2, -0.15) is 13.2 Å². The Labute approximate surface area is 91.4 Å². The molecule has 0 aliphatic carbocycles. The maximum atomic E-state index is 12.3. The molecule has 0 fully saturated rings. The lowest BCUT2D eigenvalue weighted by molar-refractivity contribution is -0.190. The van der Waals surface area contributed by atoms with Crippen LogP contribution in [-0.2, 0) is 0 Å². The molecule has 0 amide bonds. The van der Waals surface area contributed by atoms with E-state index in [-0.39, 0.29) is 5.88 Å². The lowest BCUT2D eigenvalue weighted by Crippen LogP contribution is -2.32. The summed E-state index contributed by atoms with van der Waals surface area (Å²) in [4.78, 5) is 3.75. The summed E-state index contributed by atoms with van der Waals surface area (Å²) in [5, 5.41) is 0. The third kappa shape index (κ3) is 3.10. The van der Waals surface area contributed by atoms with Crippen LogP contribution in [0.25, 0.3) is 0 Å². The zero-order valence-corrected chi connectivity index (χ0v) is 8.95. The Morgan fingerprint density at radius 1 is 1.38 bits per heavy atom. The number of aromatic nitrogens is 1. The van der Waals surface area contributed by atoms with Crippen molar-refractivity contribution in [2.45, 2.75) is 32.2 Å². The molecule has 1 rings (SSSR count). The molecule has 2 N–H and O–H groups in total. The van der Waals surface area contributed by atoms with Gasteiger partial charge in [0.1, 0.15) is 0 Å². The summed E-state index contributed by atoms with van der Waals surface area (Å²) in [5.74, 6) is -0.0673. The average molecular weight is 234 g/mol. The number of hydrogen-bond donors (Lipinski definition) is 1. The number of rotatable bonds is 3. The number of pyridine rings is 1. The maximum Gasteiger partial charge on any atom is 0.425 e. The largest absolute Gasteiger partial charge is 0.465 e. The Hall–Kier alpha value is -1.30. The Kier molecular flexibility index (Phi) is 3.74. The number of alkyl halides is 3. The Balaban J connectivity index is 2.89. The van der Waals surface area contributed by atoms with Gasteiger partial charge in [-0.05, 0) is 19.9 Å². The van der Waals surface area contributed by atoms with Crippen molar-refractivity contribution in [3.8, 4) is 5.88 Å². The van der Waals surface area contributed by atoms with Gasteiger partial charge in [-0.15, -0.1) is 0 Å². The molecule has 0 aromatic carbocycles. The van der Waals surface area contributed by atoms with Gasteiger partial charge >= 0.3 is 6.18 Å². The lowest BCUT2D eigenvalue weighted by atomic mass is 10.1. The van der Waals surface area contributed by atoms with E-state index in [1.54, 1.807) is 19.1 Å². The third-order valence-corrected chi connectivity index (χ3v) is 2.04. The van der Waals surface area contributed by atoms with Crippen LogP contribution in [0.3, 0.4) is 0 Å². The lowest BCUT2D eigenvalue weighted by Gasteiger charge is -2.19. The minimum atomic E-state index is -4.41. The molecule has 1 unspecified atom stereocenters. The first-order chi connectivity index (χ1) is 7.32. The molecule has 90 valence electrons. The second-order valence-electron chi connectivity index (χ2n) is 3.49. The molecule has 1 heterocycles. The zero-order valence-electron chi connectivity index (χ0n) is 8.95. The topological polar surface area (TPSA) is 48.1 Å². The summed E-state index contributed by atoms with van der Waals surface area (Å²) in [6.07, 6.45) is -4.95. The first-order valence-electron chi connectivity index (χ1n) is 4.76. The Morgan fingerprint density at radius 3 is 2.50 bits per heavy atom. The van der Waals surface area contributed by atoms with Gasteiger partial charge in [-0.1, -0.05) is 6.07 Å². The van der Waals surface area contributed by atoms with E-state index in [1.807, 2.05) is 0 Å². The highest BCUT2D eigenvalue weighted by Crippen LogP contribution is 2.27. The van der Waals surface area contributed by atoms with E-state index in [9.17, 15) is 13.2 Å². The summed E-state index contributed by atoms with van der Waals surface area (Å²) in [7, 11) is 0. The van der Waals surface area contributed by atoms with Gasteiger partial charge in [0.05, 0.1) is 0 Å². The van der Waals surface area contributed by atoms with Crippen molar-refractivity contribution in [2.75, 3.05) is 0 Å². The number of ether oxygens (including phenoxy) is 1. The fourth-order valence-corrected chi connectivity index (χ4v) is 1.08. The number of nitrogens with two attached hydrogens (primary N) is 1. The molecular weight excluding hydrogens is 221 g/mol. The van der Waals surface area contributed by atoms with Crippen LogP contribution in [0.5, 0.6) is 5.88 Å². The molecule has 0 radical (unpaired) electrons. The van der Waals surface area contributed by atoms with Gasteiger partial charge < -0.3 is 10.5 Å². The number of nitrogens with zero attached hydrogens (tertiary/aromatic N) is 1. The second-order valence-corrected chi connectivity index (χ2v) is 3.49. The van der Waals surface area contributed by atoms with Crippen molar-refractivity contribution in [1.29, 1.82) is 0 Å². The van der Waals surface area contributed by atoms with E-state index in [0.717, 1.165) is 6.92 Å². The Morgan fingerprint density at radius 2 is 2.00 bits per heavy atom. The van der Waals surface area contributed by atoms with Crippen molar-refractivity contribution >= 4 is 0 Å². The molecule has 6 heteroatoms. The summed E-state index contributed by atoms with van der Waals surface area (Å²) in [6, 6.07) is 2.77. The van der Waals surface area contributed by atoms with Crippen LogP contribution in [0.1, 0.15) is 25.5 Å². The average Bonchev–Trinajstić information content (AvgIpc) is 2.16. The van der Waals surface area contributed by atoms with E-state index >= 15 is 0 Å². The predicted molar refractivity (Wildman–Crippen MR) is 53.0 cm³/mol. The molecule has 2 atom stereocenters. The Bertz CT molecular complexity index is 352. The number of halogens is 3. The van der Waals surface area contributed by atoms with Gasteiger partial charge in [0.2, 0.25) is 5.88 Å². The summed E-state index contributed by atoms with van der Waals surface area (Å²) >= 11 is 0. The fourth-order valence-electron chi connectivity index (χ4n) is 1.08. The van der Waals surface area contributed by atoms with Gasteiger partial charge in [0, 0.05) is 17.8 Å². The SMILES string of the molecule is CC(Oc1ncccc1[C@@H](C)N)C(F)(F)F.